The molecule has 22 heavy (non-hydrogen) atoms. The number of halogens is 1. The molecule has 0 bridgehead atoms. The van der Waals surface area contributed by atoms with E-state index in [2.05, 4.69) is 6.58 Å². The minimum atomic E-state index is -1.33. The third-order valence-corrected chi connectivity index (χ3v) is 5.10. The molecule has 0 radical (unpaired) electrons. The van der Waals surface area contributed by atoms with Crippen molar-refractivity contribution in [2.45, 2.75) is 12.3 Å². The van der Waals surface area contributed by atoms with Gasteiger partial charge in [-0.1, -0.05) is 48.5 Å². The lowest BCUT2D eigenvalue weighted by Gasteiger charge is -2.35. The molecule has 2 aromatic carbocycles. The average Bonchev–Trinajstić information content (AvgIpc) is 2.80. The molecule has 1 aliphatic rings. The van der Waals surface area contributed by atoms with Crippen molar-refractivity contribution in [2.75, 3.05) is 5.75 Å². The smallest absolute Gasteiger partial charge is 0.178 e. The van der Waals surface area contributed by atoms with Crippen molar-refractivity contribution in [1.82, 2.24) is 4.90 Å². The van der Waals surface area contributed by atoms with Crippen LogP contribution in [0, 0.1) is 0 Å². The Bertz CT molecular complexity index is 707. The predicted octanol–water partition coefficient (Wildman–Crippen LogP) is 3.91. The highest BCUT2D eigenvalue weighted by atomic mass is 35.5. The zero-order valence-corrected chi connectivity index (χ0v) is 13.4. The first-order valence-corrected chi connectivity index (χ1v) is 8.22. The van der Waals surface area contributed by atoms with Crippen LogP contribution in [0.5, 0.6) is 5.75 Å². The molecule has 0 aromatic heterocycles. The maximum absolute atomic E-state index is 11.2. The van der Waals surface area contributed by atoms with Gasteiger partial charge in [0.25, 0.3) is 0 Å². The quantitative estimate of drug-likeness (QED) is 0.893. The fourth-order valence-corrected chi connectivity index (χ4v) is 3.81. The minimum absolute atomic E-state index is 0.0280. The lowest BCUT2D eigenvalue weighted by Crippen LogP contribution is -2.41. The van der Waals surface area contributed by atoms with Crippen molar-refractivity contribution < 1.29 is 10.2 Å². The molecule has 114 valence electrons. The van der Waals surface area contributed by atoms with Gasteiger partial charge >= 0.3 is 0 Å². The minimum Gasteiger partial charge on any atom is -0.507 e. The van der Waals surface area contributed by atoms with Gasteiger partial charge in [-0.3, -0.25) is 0 Å². The maximum Gasteiger partial charge on any atom is 0.178 e. The lowest BCUT2D eigenvalue weighted by atomic mass is 10.0. The molecule has 2 aromatic rings. The summed E-state index contributed by atoms with van der Waals surface area (Å²) in [5, 5.41) is 22.6. The number of nitrogens with zero attached hydrogens (tertiary/aromatic N) is 1. The number of rotatable bonds is 3. The second-order valence-electron chi connectivity index (χ2n) is 5.23. The Hall–Kier alpha value is -1.62. The summed E-state index contributed by atoms with van der Waals surface area (Å²) in [7, 11) is 0. The summed E-state index contributed by atoms with van der Waals surface area (Å²) in [5.41, 5.74) is 0.139. The number of benzene rings is 2. The summed E-state index contributed by atoms with van der Waals surface area (Å²) in [5.74, 6) is 0.423. The van der Waals surface area contributed by atoms with Gasteiger partial charge in [0.15, 0.2) is 5.72 Å². The van der Waals surface area contributed by atoms with Crippen LogP contribution in [0.25, 0.3) is 0 Å². The first kappa shape index (κ1) is 15.3. The standard InChI is InChI=1S/C17H16ClNO2S/c1-12-19(10-13-5-3-2-4-6-13)17(21,11-22-12)15-9-14(18)7-8-16(15)20/h2-9,20-21H,1,10-11H2. The van der Waals surface area contributed by atoms with Gasteiger partial charge in [-0.05, 0) is 23.8 Å². The number of phenols is 1. The molecule has 0 aliphatic carbocycles. The third kappa shape index (κ3) is 2.70. The molecule has 3 nitrogen and oxygen atoms in total. The van der Waals surface area contributed by atoms with E-state index in [0.717, 1.165) is 10.6 Å². The van der Waals surface area contributed by atoms with Crippen LogP contribution in [0.15, 0.2) is 60.1 Å². The highest BCUT2D eigenvalue weighted by Gasteiger charge is 2.44. The molecule has 1 heterocycles. The van der Waals surface area contributed by atoms with Crippen molar-refractivity contribution in [3.05, 3.63) is 76.3 Å². The van der Waals surface area contributed by atoms with Crippen molar-refractivity contribution in [1.29, 1.82) is 0 Å². The first-order valence-electron chi connectivity index (χ1n) is 6.85. The molecular weight excluding hydrogens is 318 g/mol. The SMILES string of the molecule is C=C1SCC(O)(c2cc(Cl)ccc2O)N1Cc1ccccc1. The van der Waals surface area contributed by atoms with Crippen LogP contribution < -0.4 is 0 Å². The summed E-state index contributed by atoms with van der Waals surface area (Å²) in [6.07, 6.45) is 0. The van der Waals surface area contributed by atoms with E-state index >= 15 is 0 Å². The molecule has 3 rings (SSSR count). The second kappa shape index (κ2) is 5.88. The molecule has 0 spiro atoms. The largest absolute Gasteiger partial charge is 0.507 e. The van der Waals surface area contributed by atoms with E-state index in [-0.39, 0.29) is 5.75 Å². The van der Waals surface area contributed by atoms with Gasteiger partial charge in [0, 0.05) is 17.1 Å². The van der Waals surface area contributed by atoms with Crippen LogP contribution in [0.2, 0.25) is 5.02 Å². The average molecular weight is 334 g/mol. The Morgan fingerprint density at radius 2 is 1.95 bits per heavy atom. The number of phenolic OH excluding ortho intramolecular Hbond substituents is 1. The Morgan fingerprint density at radius 3 is 2.68 bits per heavy atom. The van der Waals surface area contributed by atoms with Gasteiger partial charge in [0.1, 0.15) is 5.75 Å². The van der Waals surface area contributed by atoms with Crippen LogP contribution in [-0.4, -0.2) is 20.9 Å². The zero-order chi connectivity index (χ0) is 15.7. The maximum atomic E-state index is 11.2. The number of aromatic hydroxyl groups is 1. The molecule has 1 saturated heterocycles. The van der Waals surface area contributed by atoms with E-state index < -0.39 is 5.72 Å². The van der Waals surface area contributed by atoms with E-state index in [4.69, 9.17) is 11.6 Å². The van der Waals surface area contributed by atoms with Gasteiger partial charge < -0.3 is 15.1 Å². The fraction of sp³-hybridized carbons (Fsp3) is 0.176. The van der Waals surface area contributed by atoms with E-state index in [0.29, 0.717) is 22.9 Å². The molecule has 1 fully saturated rings. The zero-order valence-electron chi connectivity index (χ0n) is 11.9. The van der Waals surface area contributed by atoms with Gasteiger partial charge in [0.05, 0.1) is 10.8 Å². The normalized spacial score (nSPS) is 21.4. The fourth-order valence-electron chi connectivity index (χ4n) is 2.58. The lowest BCUT2D eigenvalue weighted by molar-refractivity contribution is -0.0695. The number of aliphatic hydroxyl groups is 1. The number of hydrogen-bond donors (Lipinski definition) is 2. The van der Waals surface area contributed by atoms with E-state index in [1.54, 1.807) is 17.0 Å². The molecule has 1 aliphatic heterocycles. The van der Waals surface area contributed by atoms with Crippen LogP contribution in [0.1, 0.15) is 11.1 Å². The Morgan fingerprint density at radius 1 is 1.23 bits per heavy atom. The Labute approximate surface area is 138 Å². The molecule has 0 saturated carbocycles. The van der Waals surface area contributed by atoms with Crippen LogP contribution in [0.3, 0.4) is 0 Å². The van der Waals surface area contributed by atoms with E-state index in [1.807, 2.05) is 30.3 Å². The van der Waals surface area contributed by atoms with Crippen molar-refractivity contribution >= 4 is 23.4 Å². The van der Waals surface area contributed by atoms with Crippen LogP contribution >= 0.6 is 23.4 Å². The molecule has 1 unspecified atom stereocenters. The van der Waals surface area contributed by atoms with Crippen LogP contribution in [0.4, 0.5) is 0 Å². The van der Waals surface area contributed by atoms with Crippen molar-refractivity contribution in [2.24, 2.45) is 0 Å². The van der Waals surface area contributed by atoms with Gasteiger partial charge in [-0.2, -0.15) is 0 Å². The molecule has 5 heteroatoms. The van der Waals surface area contributed by atoms with E-state index in [1.165, 1.54) is 17.8 Å². The summed E-state index contributed by atoms with van der Waals surface area (Å²) in [6, 6.07) is 14.6. The molecule has 0 amide bonds. The van der Waals surface area contributed by atoms with Gasteiger partial charge in [-0.25, -0.2) is 0 Å². The predicted molar refractivity (Wildman–Crippen MR) is 90.6 cm³/mol. The number of thioether (sulfide) groups is 1. The summed E-state index contributed by atoms with van der Waals surface area (Å²) in [6.45, 7) is 4.53. The topological polar surface area (TPSA) is 43.7 Å². The highest BCUT2D eigenvalue weighted by molar-refractivity contribution is 8.03. The summed E-state index contributed by atoms with van der Waals surface area (Å²) < 4.78 is 0. The molecule has 1 atom stereocenters. The van der Waals surface area contributed by atoms with Crippen molar-refractivity contribution in [3.63, 3.8) is 0 Å². The Balaban J connectivity index is 2.00. The van der Waals surface area contributed by atoms with Gasteiger partial charge in [-0.15, -0.1) is 11.8 Å². The monoisotopic (exact) mass is 333 g/mol. The summed E-state index contributed by atoms with van der Waals surface area (Å²) in [4.78, 5) is 1.80. The van der Waals surface area contributed by atoms with E-state index in [9.17, 15) is 10.2 Å². The highest BCUT2D eigenvalue weighted by Crippen LogP contribution is 2.47. The van der Waals surface area contributed by atoms with Crippen LogP contribution in [-0.2, 0) is 12.3 Å². The van der Waals surface area contributed by atoms with Crippen molar-refractivity contribution in [3.8, 4) is 5.75 Å². The third-order valence-electron chi connectivity index (χ3n) is 3.76. The second-order valence-corrected chi connectivity index (χ2v) is 6.72. The molecule has 2 N–H and O–H groups in total. The number of hydrogen-bond acceptors (Lipinski definition) is 4. The first-order chi connectivity index (χ1) is 10.5. The Kier molecular flexibility index (Phi) is 4.08. The van der Waals surface area contributed by atoms with Gasteiger partial charge in [0.2, 0.25) is 0 Å². The summed E-state index contributed by atoms with van der Waals surface area (Å²) >= 11 is 7.50. The molecular formula is C17H16ClNO2S.